The second kappa shape index (κ2) is 6.95. The van der Waals surface area contributed by atoms with Gasteiger partial charge in [-0.25, -0.2) is 4.98 Å². The molecule has 2 heterocycles. The van der Waals surface area contributed by atoms with Gasteiger partial charge in [-0.1, -0.05) is 12.5 Å². The molecule has 1 aromatic heterocycles. The Hall–Kier alpha value is -1.85. The van der Waals surface area contributed by atoms with Crippen molar-refractivity contribution < 1.29 is 9.84 Å². The first-order valence-corrected chi connectivity index (χ1v) is 10.00. The second-order valence-electron chi connectivity index (χ2n) is 8.45. The molecule has 0 radical (unpaired) electrons. The number of fused-ring (bicyclic) bond motifs is 2. The maximum Gasteiger partial charge on any atom is 0.141 e. The molecule has 4 rings (SSSR count). The maximum atomic E-state index is 11.7. The van der Waals surface area contributed by atoms with Crippen molar-refractivity contribution in [3.8, 4) is 5.75 Å². The van der Waals surface area contributed by atoms with Crippen molar-refractivity contribution in [1.82, 2.24) is 14.5 Å². The Morgan fingerprint density at radius 1 is 1.19 bits per heavy atom. The summed E-state index contributed by atoms with van der Waals surface area (Å²) < 4.78 is 7.45. The van der Waals surface area contributed by atoms with Crippen molar-refractivity contribution in [3.05, 3.63) is 47.0 Å². The van der Waals surface area contributed by atoms with Gasteiger partial charge in [-0.2, -0.15) is 0 Å². The summed E-state index contributed by atoms with van der Waals surface area (Å²) in [5, 5.41) is 11.7. The summed E-state index contributed by atoms with van der Waals surface area (Å²) in [5.74, 6) is 2.28. The van der Waals surface area contributed by atoms with Crippen molar-refractivity contribution in [3.63, 3.8) is 0 Å². The van der Waals surface area contributed by atoms with Gasteiger partial charge in [0.2, 0.25) is 0 Å². The average molecular weight is 370 g/mol. The number of hydrogen-bond donors (Lipinski definition) is 1. The van der Waals surface area contributed by atoms with Crippen LogP contribution in [0.15, 0.2) is 24.5 Å². The van der Waals surface area contributed by atoms with E-state index in [0.29, 0.717) is 0 Å². The SMILES string of the molecule is COc1cc(C)c(CN2CC3CCCC(C2)C3(O)c2nccn2C)cc1C. The number of benzene rings is 1. The Morgan fingerprint density at radius 3 is 2.48 bits per heavy atom. The molecular weight excluding hydrogens is 338 g/mol. The fourth-order valence-electron chi connectivity index (χ4n) is 5.27. The van der Waals surface area contributed by atoms with Crippen molar-refractivity contribution in [2.75, 3.05) is 20.2 Å². The molecular formula is C22H31N3O2. The van der Waals surface area contributed by atoms with Gasteiger partial charge < -0.3 is 14.4 Å². The highest BCUT2D eigenvalue weighted by atomic mass is 16.5. The molecule has 27 heavy (non-hydrogen) atoms. The summed E-state index contributed by atoms with van der Waals surface area (Å²) in [7, 11) is 3.72. The largest absolute Gasteiger partial charge is 0.496 e. The number of piperidine rings is 1. The molecule has 1 aliphatic carbocycles. The Labute approximate surface area is 162 Å². The monoisotopic (exact) mass is 369 g/mol. The van der Waals surface area contributed by atoms with Crippen LogP contribution in [-0.4, -0.2) is 39.8 Å². The number of imidazole rings is 1. The minimum absolute atomic E-state index is 0.241. The molecule has 2 unspecified atom stereocenters. The molecule has 0 amide bonds. The lowest BCUT2D eigenvalue weighted by Gasteiger charge is -2.52. The summed E-state index contributed by atoms with van der Waals surface area (Å²) in [5.41, 5.74) is 3.01. The fourth-order valence-corrected chi connectivity index (χ4v) is 5.27. The third-order valence-electron chi connectivity index (χ3n) is 6.73. The van der Waals surface area contributed by atoms with Crippen LogP contribution >= 0.6 is 0 Å². The van der Waals surface area contributed by atoms with E-state index < -0.39 is 5.60 Å². The summed E-state index contributed by atoms with van der Waals surface area (Å²) in [6, 6.07) is 4.39. The van der Waals surface area contributed by atoms with Gasteiger partial charge in [0.1, 0.15) is 17.2 Å². The number of ether oxygens (including phenoxy) is 1. The van der Waals surface area contributed by atoms with E-state index in [9.17, 15) is 5.11 Å². The Morgan fingerprint density at radius 2 is 1.89 bits per heavy atom. The fraction of sp³-hybridized carbons (Fsp3) is 0.591. The molecule has 1 saturated carbocycles. The first-order chi connectivity index (χ1) is 12.9. The number of likely N-dealkylation sites (tertiary alicyclic amines) is 1. The number of aliphatic hydroxyl groups is 1. The molecule has 146 valence electrons. The molecule has 2 fully saturated rings. The van der Waals surface area contributed by atoms with Gasteiger partial charge in [0.25, 0.3) is 0 Å². The van der Waals surface area contributed by atoms with Crippen molar-refractivity contribution in [1.29, 1.82) is 0 Å². The summed E-state index contributed by atoms with van der Waals surface area (Å²) >= 11 is 0. The molecule has 2 aromatic rings. The standard InChI is InChI=1S/C22H31N3O2/c1-15-11-20(27-4)16(2)10-17(15)12-25-13-18-6-5-7-19(14-25)22(18,26)21-23-8-9-24(21)3/h8-11,18-19,26H,5-7,12-14H2,1-4H3. The zero-order chi connectivity index (χ0) is 19.2. The highest BCUT2D eigenvalue weighted by Crippen LogP contribution is 2.48. The van der Waals surface area contributed by atoms with Crippen molar-refractivity contribution in [2.24, 2.45) is 18.9 Å². The minimum Gasteiger partial charge on any atom is -0.496 e. The van der Waals surface area contributed by atoms with Crippen LogP contribution in [0.3, 0.4) is 0 Å². The van der Waals surface area contributed by atoms with Crippen LogP contribution in [0.25, 0.3) is 0 Å². The molecule has 0 spiro atoms. The first-order valence-electron chi connectivity index (χ1n) is 10.00. The smallest absolute Gasteiger partial charge is 0.141 e. The van der Waals surface area contributed by atoms with E-state index in [2.05, 4.69) is 35.9 Å². The van der Waals surface area contributed by atoms with Crippen LogP contribution in [0.2, 0.25) is 0 Å². The zero-order valence-electron chi connectivity index (χ0n) is 16.9. The van der Waals surface area contributed by atoms with Crippen molar-refractivity contribution >= 4 is 0 Å². The molecule has 2 bridgehead atoms. The zero-order valence-corrected chi connectivity index (χ0v) is 16.9. The van der Waals surface area contributed by atoms with E-state index in [1.54, 1.807) is 13.3 Å². The van der Waals surface area contributed by atoms with E-state index in [1.165, 1.54) is 23.1 Å². The number of aryl methyl sites for hydroxylation is 3. The van der Waals surface area contributed by atoms with Crippen molar-refractivity contribution in [2.45, 2.75) is 45.3 Å². The molecule has 1 saturated heterocycles. The molecule has 5 nitrogen and oxygen atoms in total. The minimum atomic E-state index is -0.794. The molecule has 2 aliphatic rings. The van der Waals surface area contributed by atoms with E-state index in [1.807, 2.05) is 17.8 Å². The van der Waals surface area contributed by atoms with Crippen LogP contribution in [-0.2, 0) is 19.2 Å². The van der Waals surface area contributed by atoms with Crippen LogP contribution < -0.4 is 4.74 Å². The average Bonchev–Trinajstić information content (AvgIpc) is 3.05. The predicted octanol–water partition coefficient (Wildman–Crippen LogP) is 3.17. The van der Waals surface area contributed by atoms with Gasteiger partial charge in [0.15, 0.2) is 0 Å². The van der Waals surface area contributed by atoms with E-state index in [-0.39, 0.29) is 11.8 Å². The number of hydrogen-bond acceptors (Lipinski definition) is 4. The number of rotatable bonds is 4. The Bertz CT molecular complexity index is 815. The number of aromatic nitrogens is 2. The summed E-state index contributed by atoms with van der Waals surface area (Å²) in [6.45, 7) is 7.04. The van der Waals surface area contributed by atoms with Crippen LogP contribution in [0.4, 0.5) is 0 Å². The Kier molecular flexibility index (Phi) is 4.77. The van der Waals surface area contributed by atoms with Gasteiger partial charge in [0.05, 0.1) is 7.11 Å². The maximum absolute atomic E-state index is 11.7. The van der Waals surface area contributed by atoms with Crippen LogP contribution in [0, 0.1) is 25.7 Å². The lowest BCUT2D eigenvalue weighted by molar-refractivity contribution is -0.155. The third kappa shape index (κ3) is 3.07. The number of methoxy groups -OCH3 is 1. The van der Waals surface area contributed by atoms with Gasteiger partial charge in [0, 0.05) is 50.9 Å². The van der Waals surface area contributed by atoms with E-state index in [4.69, 9.17) is 4.74 Å². The molecule has 1 aromatic carbocycles. The lowest BCUT2D eigenvalue weighted by atomic mass is 9.65. The van der Waals surface area contributed by atoms with Gasteiger partial charge in [-0.3, -0.25) is 4.90 Å². The molecule has 5 heteroatoms. The van der Waals surface area contributed by atoms with Gasteiger partial charge in [-0.05, 0) is 49.4 Å². The second-order valence-corrected chi connectivity index (χ2v) is 8.45. The summed E-state index contributed by atoms with van der Waals surface area (Å²) in [6.07, 6.45) is 7.09. The number of nitrogens with zero attached hydrogens (tertiary/aromatic N) is 3. The molecule has 2 atom stereocenters. The van der Waals surface area contributed by atoms with Crippen LogP contribution in [0.1, 0.15) is 41.8 Å². The lowest BCUT2D eigenvalue weighted by Crippen LogP contribution is -2.58. The van der Waals surface area contributed by atoms with E-state index >= 15 is 0 Å². The van der Waals surface area contributed by atoms with Gasteiger partial charge >= 0.3 is 0 Å². The van der Waals surface area contributed by atoms with Gasteiger partial charge in [-0.15, -0.1) is 0 Å². The van der Waals surface area contributed by atoms with Crippen LogP contribution in [0.5, 0.6) is 5.75 Å². The highest BCUT2D eigenvalue weighted by molar-refractivity contribution is 5.41. The Balaban J connectivity index is 1.58. The molecule has 1 N–H and O–H groups in total. The topological polar surface area (TPSA) is 50.5 Å². The highest BCUT2D eigenvalue weighted by Gasteiger charge is 2.53. The molecule has 1 aliphatic heterocycles. The first kappa shape index (κ1) is 18.5. The van der Waals surface area contributed by atoms with E-state index in [0.717, 1.165) is 44.0 Å². The third-order valence-corrected chi connectivity index (χ3v) is 6.73. The summed E-state index contributed by atoms with van der Waals surface area (Å²) in [4.78, 5) is 7.06. The quantitative estimate of drug-likeness (QED) is 0.899. The normalized spacial score (nSPS) is 28.3. The predicted molar refractivity (Wildman–Crippen MR) is 106 cm³/mol.